The summed E-state index contributed by atoms with van der Waals surface area (Å²) in [5, 5.41) is 9.73. The van der Waals surface area contributed by atoms with E-state index < -0.39 is 5.97 Å². The zero-order valence-electron chi connectivity index (χ0n) is 10.7. The number of hydrogen-bond donors (Lipinski definition) is 1. The number of hydrogen-bond acceptors (Lipinski definition) is 4. The summed E-state index contributed by atoms with van der Waals surface area (Å²) < 4.78 is 14.1. The monoisotopic (exact) mass is 309 g/mol. The topological polar surface area (TPSA) is 50.2 Å². The van der Waals surface area contributed by atoms with Crippen LogP contribution in [0.4, 0.5) is 4.39 Å². The number of thioether (sulfide) groups is 1. The molecule has 0 radical (unpaired) electrons. The second-order valence-electron chi connectivity index (χ2n) is 4.63. The molecular formula is C14H12FNO2S2. The summed E-state index contributed by atoms with van der Waals surface area (Å²) in [5.41, 5.74) is 1.03. The van der Waals surface area contributed by atoms with E-state index in [4.69, 9.17) is 0 Å². The highest BCUT2D eigenvalue weighted by Crippen LogP contribution is 2.45. The standard InChI is InChI=1S/C14H12FNO2S2/c1-19-9-4-2-3-8(15)10(9)13-16-11(7-5-6-7)12(20-13)14(17)18/h2-4,7H,5-6H2,1H3,(H,17,18). The lowest BCUT2D eigenvalue weighted by Crippen LogP contribution is -1.97. The Hall–Kier alpha value is -1.40. The first kappa shape index (κ1) is 13.6. The van der Waals surface area contributed by atoms with Crippen molar-refractivity contribution in [3.63, 3.8) is 0 Å². The SMILES string of the molecule is CSc1cccc(F)c1-c1nc(C2CC2)c(C(=O)O)s1. The summed E-state index contributed by atoms with van der Waals surface area (Å²) in [6.45, 7) is 0. The maximum Gasteiger partial charge on any atom is 0.347 e. The predicted octanol–water partition coefficient (Wildman–Crippen LogP) is 4.25. The molecule has 0 aliphatic heterocycles. The van der Waals surface area contributed by atoms with Gasteiger partial charge in [0.25, 0.3) is 0 Å². The van der Waals surface area contributed by atoms with Gasteiger partial charge in [0, 0.05) is 10.8 Å². The van der Waals surface area contributed by atoms with E-state index in [0.29, 0.717) is 16.3 Å². The molecule has 0 amide bonds. The van der Waals surface area contributed by atoms with Crippen molar-refractivity contribution >= 4 is 29.1 Å². The second-order valence-corrected chi connectivity index (χ2v) is 6.48. The number of aromatic carboxylic acids is 1. The lowest BCUT2D eigenvalue weighted by Gasteiger charge is -2.05. The fourth-order valence-electron chi connectivity index (χ4n) is 2.11. The fourth-order valence-corrected chi connectivity index (χ4v) is 3.84. The molecule has 1 fully saturated rings. The summed E-state index contributed by atoms with van der Waals surface area (Å²) in [5.74, 6) is -1.10. The number of benzene rings is 1. The molecule has 0 unspecified atom stereocenters. The van der Waals surface area contributed by atoms with Crippen LogP contribution < -0.4 is 0 Å². The first-order chi connectivity index (χ1) is 9.61. The summed E-state index contributed by atoms with van der Waals surface area (Å²) in [6.07, 6.45) is 3.80. The minimum atomic E-state index is -0.974. The van der Waals surface area contributed by atoms with Crippen LogP contribution in [0.1, 0.15) is 34.1 Å². The van der Waals surface area contributed by atoms with E-state index in [1.165, 1.54) is 17.8 Å². The van der Waals surface area contributed by atoms with Crippen molar-refractivity contribution in [1.29, 1.82) is 0 Å². The van der Waals surface area contributed by atoms with E-state index in [2.05, 4.69) is 4.98 Å². The van der Waals surface area contributed by atoms with Crippen LogP contribution in [0.5, 0.6) is 0 Å². The number of carboxylic acids is 1. The molecule has 1 aromatic carbocycles. The Balaban J connectivity index is 2.16. The first-order valence-electron chi connectivity index (χ1n) is 6.18. The average Bonchev–Trinajstić information content (AvgIpc) is 3.17. The zero-order chi connectivity index (χ0) is 14.3. The zero-order valence-corrected chi connectivity index (χ0v) is 12.4. The Morgan fingerprint density at radius 1 is 1.50 bits per heavy atom. The molecule has 3 rings (SSSR count). The molecule has 1 aliphatic carbocycles. The van der Waals surface area contributed by atoms with Gasteiger partial charge in [-0.05, 0) is 31.2 Å². The highest BCUT2D eigenvalue weighted by atomic mass is 32.2. The van der Waals surface area contributed by atoms with Gasteiger partial charge in [-0.3, -0.25) is 0 Å². The van der Waals surface area contributed by atoms with Gasteiger partial charge in [-0.25, -0.2) is 14.2 Å². The van der Waals surface area contributed by atoms with E-state index >= 15 is 0 Å². The minimum Gasteiger partial charge on any atom is -0.477 e. The van der Waals surface area contributed by atoms with Crippen LogP contribution >= 0.6 is 23.1 Å². The molecule has 20 heavy (non-hydrogen) atoms. The molecule has 2 aromatic rings. The number of rotatable bonds is 4. The summed E-state index contributed by atoms with van der Waals surface area (Å²) in [7, 11) is 0. The Labute approximate surface area is 123 Å². The van der Waals surface area contributed by atoms with Crippen LogP contribution in [0.15, 0.2) is 23.1 Å². The van der Waals surface area contributed by atoms with Gasteiger partial charge in [-0.2, -0.15) is 0 Å². The van der Waals surface area contributed by atoms with E-state index in [0.717, 1.165) is 29.1 Å². The van der Waals surface area contributed by atoms with Crippen LogP contribution in [0, 0.1) is 5.82 Å². The largest absolute Gasteiger partial charge is 0.477 e. The molecule has 1 aromatic heterocycles. The molecule has 104 valence electrons. The maximum atomic E-state index is 14.1. The van der Waals surface area contributed by atoms with Crippen LogP contribution in [-0.2, 0) is 0 Å². The Kier molecular flexibility index (Phi) is 3.52. The van der Waals surface area contributed by atoms with Gasteiger partial charge in [0.15, 0.2) is 0 Å². The smallest absolute Gasteiger partial charge is 0.347 e. The Bertz CT molecular complexity index is 680. The molecule has 1 N–H and O–H groups in total. The van der Waals surface area contributed by atoms with Gasteiger partial charge in [0.05, 0.1) is 11.3 Å². The van der Waals surface area contributed by atoms with Crippen LogP contribution in [0.2, 0.25) is 0 Å². The molecule has 0 bridgehead atoms. The van der Waals surface area contributed by atoms with Crippen LogP contribution in [-0.4, -0.2) is 22.3 Å². The number of thiazole rings is 1. The predicted molar refractivity (Wildman–Crippen MR) is 78.2 cm³/mol. The van der Waals surface area contributed by atoms with Crippen molar-refractivity contribution < 1.29 is 14.3 Å². The third-order valence-corrected chi connectivity index (χ3v) is 5.08. The van der Waals surface area contributed by atoms with E-state index in [1.807, 2.05) is 12.3 Å². The number of nitrogens with zero attached hydrogens (tertiary/aromatic N) is 1. The molecule has 0 atom stereocenters. The maximum absolute atomic E-state index is 14.1. The third-order valence-electron chi connectivity index (χ3n) is 3.22. The second kappa shape index (κ2) is 5.18. The van der Waals surface area contributed by atoms with Crippen molar-refractivity contribution in [2.75, 3.05) is 6.26 Å². The molecule has 0 spiro atoms. The molecule has 0 saturated heterocycles. The average molecular weight is 309 g/mol. The van der Waals surface area contributed by atoms with Crippen LogP contribution in [0.3, 0.4) is 0 Å². The van der Waals surface area contributed by atoms with Gasteiger partial charge in [-0.1, -0.05) is 6.07 Å². The van der Waals surface area contributed by atoms with Crippen molar-refractivity contribution in [3.8, 4) is 10.6 Å². The van der Waals surface area contributed by atoms with Crippen molar-refractivity contribution in [2.45, 2.75) is 23.7 Å². The normalized spacial score (nSPS) is 14.5. The highest BCUT2D eigenvalue weighted by Gasteiger charge is 2.33. The van der Waals surface area contributed by atoms with Gasteiger partial charge in [0.1, 0.15) is 15.7 Å². The van der Waals surface area contributed by atoms with Crippen molar-refractivity contribution in [1.82, 2.24) is 4.98 Å². The van der Waals surface area contributed by atoms with Crippen LogP contribution in [0.25, 0.3) is 10.6 Å². The Morgan fingerprint density at radius 2 is 2.25 bits per heavy atom. The number of halogens is 1. The number of carboxylic acid groups (broad SMARTS) is 1. The molecule has 3 nitrogen and oxygen atoms in total. The van der Waals surface area contributed by atoms with Crippen molar-refractivity contribution in [2.24, 2.45) is 0 Å². The molecule has 1 saturated carbocycles. The lowest BCUT2D eigenvalue weighted by atomic mass is 10.2. The van der Waals surface area contributed by atoms with Gasteiger partial charge in [-0.15, -0.1) is 23.1 Å². The Morgan fingerprint density at radius 3 is 2.85 bits per heavy atom. The highest BCUT2D eigenvalue weighted by molar-refractivity contribution is 7.98. The molecule has 1 aliphatic rings. The summed E-state index contributed by atoms with van der Waals surface area (Å²) >= 11 is 2.50. The summed E-state index contributed by atoms with van der Waals surface area (Å²) in [6, 6.07) is 4.85. The van der Waals surface area contributed by atoms with E-state index in [-0.39, 0.29) is 16.6 Å². The van der Waals surface area contributed by atoms with Gasteiger partial charge >= 0.3 is 5.97 Å². The fraction of sp³-hybridized carbons (Fsp3) is 0.286. The van der Waals surface area contributed by atoms with Gasteiger partial charge in [0.2, 0.25) is 0 Å². The lowest BCUT2D eigenvalue weighted by molar-refractivity contribution is 0.0700. The summed E-state index contributed by atoms with van der Waals surface area (Å²) in [4.78, 5) is 16.8. The minimum absolute atomic E-state index is 0.232. The molecular weight excluding hydrogens is 297 g/mol. The number of aromatic nitrogens is 1. The number of carbonyl (C=O) groups is 1. The van der Waals surface area contributed by atoms with E-state index in [1.54, 1.807) is 6.07 Å². The van der Waals surface area contributed by atoms with E-state index in [9.17, 15) is 14.3 Å². The quantitative estimate of drug-likeness (QED) is 0.858. The molecule has 6 heteroatoms. The first-order valence-corrected chi connectivity index (χ1v) is 8.22. The molecule has 1 heterocycles. The third kappa shape index (κ3) is 2.33. The van der Waals surface area contributed by atoms with Gasteiger partial charge < -0.3 is 5.11 Å². The van der Waals surface area contributed by atoms with Crippen molar-refractivity contribution in [3.05, 3.63) is 34.6 Å².